The van der Waals surface area contributed by atoms with E-state index in [1.807, 2.05) is 54.6 Å². The van der Waals surface area contributed by atoms with Crippen LogP contribution in [0.1, 0.15) is 11.1 Å². The van der Waals surface area contributed by atoms with Crippen molar-refractivity contribution in [3.63, 3.8) is 0 Å². The van der Waals surface area contributed by atoms with Crippen LogP contribution in [0.15, 0.2) is 89.6 Å². The lowest BCUT2D eigenvalue weighted by atomic mass is 10.2. The van der Waals surface area contributed by atoms with Gasteiger partial charge in [-0.3, -0.25) is 10.2 Å². The van der Waals surface area contributed by atoms with Crippen LogP contribution in [-0.4, -0.2) is 29.0 Å². The van der Waals surface area contributed by atoms with Crippen molar-refractivity contribution in [1.82, 2.24) is 5.01 Å². The smallest absolute Gasteiger partial charge is 0.297 e. The minimum atomic E-state index is -0.271. The Hall–Kier alpha value is -4.06. The predicted octanol–water partition coefficient (Wildman–Crippen LogP) is 4.06. The zero-order valence-electron chi connectivity index (χ0n) is 15.7. The van der Waals surface area contributed by atoms with E-state index in [2.05, 4.69) is 10.4 Å². The number of aromatic hydroxyl groups is 1. The first-order valence-corrected chi connectivity index (χ1v) is 9.04. The summed E-state index contributed by atoms with van der Waals surface area (Å²) >= 11 is 0. The molecule has 1 heterocycles. The van der Waals surface area contributed by atoms with Gasteiger partial charge in [0.2, 0.25) is 0 Å². The fraction of sp³-hybridized carbons (Fsp3) is 0.0435. The first kappa shape index (κ1) is 18.3. The van der Waals surface area contributed by atoms with E-state index in [9.17, 15) is 9.90 Å². The SMILES string of the molecule is COc1ccc(NN2C(=O)/C(=C/c3ccc(O)cc3)N=C2c2ccccc2)cc1. The van der Waals surface area contributed by atoms with Crippen molar-refractivity contribution in [2.45, 2.75) is 0 Å². The first-order chi connectivity index (χ1) is 14.1. The van der Waals surface area contributed by atoms with Crippen molar-refractivity contribution in [3.05, 3.63) is 95.7 Å². The number of carbonyl (C=O) groups is 1. The molecule has 29 heavy (non-hydrogen) atoms. The molecule has 4 rings (SSSR count). The highest BCUT2D eigenvalue weighted by molar-refractivity contribution is 6.20. The van der Waals surface area contributed by atoms with E-state index >= 15 is 0 Å². The summed E-state index contributed by atoms with van der Waals surface area (Å²) in [5.41, 5.74) is 5.75. The number of phenolic OH excluding ortho intramolecular Hbond substituents is 1. The first-order valence-electron chi connectivity index (χ1n) is 9.04. The molecule has 0 saturated carbocycles. The third-order valence-corrected chi connectivity index (χ3v) is 4.42. The molecule has 2 N–H and O–H groups in total. The van der Waals surface area contributed by atoms with Gasteiger partial charge in [-0.05, 0) is 48.0 Å². The average molecular weight is 385 g/mol. The van der Waals surface area contributed by atoms with Gasteiger partial charge in [0.1, 0.15) is 17.2 Å². The zero-order chi connectivity index (χ0) is 20.2. The molecule has 3 aromatic rings. The molecule has 0 atom stereocenters. The van der Waals surface area contributed by atoms with E-state index in [-0.39, 0.29) is 11.7 Å². The molecule has 0 spiro atoms. The van der Waals surface area contributed by atoms with Crippen LogP contribution >= 0.6 is 0 Å². The minimum absolute atomic E-state index is 0.168. The molecule has 6 nitrogen and oxygen atoms in total. The largest absolute Gasteiger partial charge is 0.508 e. The van der Waals surface area contributed by atoms with Gasteiger partial charge < -0.3 is 9.84 Å². The molecule has 0 bridgehead atoms. The molecule has 0 unspecified atom stereocenters. The number of hydrazine groups is 1. The number of carbonyl (C=O) groups excluding carboxylic acids is 1. The predicted molar refractivity (Wildman–Crippen MR) is 113 cm³/mol. The molecule has 0 aliphatic carbocycles. The summed E-state index contributed by atoms with van der Waals surface area (Å²) in [6, 6.07) is 23.4. The summed E-state index contributed by atoms with van der Waals surface area (Å²) in [5, 5.41) is 10.9. The summed E-state index contributed by atoms with van der Waals surface area (Å²) in [7, 11) is 1.60. The number of hydrogen-bond acceptors (Lipinski definition) is 5. The van der Waals surface area contributed by atoms with Crippen molar-refractivity contribution in [2.75, 3.05) is 12.5 Å². The Morgan fingerprint density at radius 3 is 2.31 bits per heavy atom. The maximum atomic E-state index is 13.1. The van der Waals surface area contributed by atoms with Gasteiger partial charge in [-0.1, -0.05) is 42.5 Å². The van der Waals surface area contributed by atoms with Gasteiger partial charge in [-0.15, -0.1) is 0 Å². The van der Waals surface area contributed by atoms with Crippen molar-refractivity contribution >= 4 is 23.5 Å². The van der Waals surface area contributed by atoms with E-state index in [0.29, 0.717) is 11.5 Å². The van der Waals surface area contributed by atoms with Crippen molar-refractivity contribution in [2.24, 2.45) is 4.99 Å². The third-order valence-electron chi connectivity index (χ3n) is 4.42. The number of aliphatic imine (C=N–C) groups is 1. The summed E-state index contributed by atoms with van der Waals surface area (Å²) in [5.74, 6) is 1.14. The van der Waals surface area contributed by atoms with Gasteiger partial charge >= 0.3 is 0 Å². The molecule has 1 aliphatic heterocycles. The number of nitrogens with one attached hydrogen (secondary N) is 1. The van der Waals surface area contributed by atoms with Crippen LogP contribution in [0.3, 0.4) is 0 Å². The molecule has 144 valence electrons. The molecular formula is C23H19N3O3. The van der Waals surface area contributed by atoms with Crippen LogP contribution in [0.2, 0.25) is 0 Å². The lowest BCUT2D eigenvalue weighted by Crippen LogP contribution is -2.37. The second kappa shape index (κ2) is 7.90. The molecule has 6 heteroatoms. The number of benzene rings is 3. The monoisotopic (exact) mass is 385 g/mol. The molecule has 0 saturated heterocycles. The highest BCUT2D eigenvalue weighted by Crippen LogP contribution is 2.24. The van der Waals surface area contributed by atoms with Crippen molar-refractivity contribution < 1.29 is 14.6 Å². The Labute approximate surface area is 168 Å². The molecule has 1 amide bonds. The quantitative estimate of drug-likeness (QED) is 0.650. The third kappa shape index (κ3) is 3.96. The van der Waals surface area contributed by atoms with Crippen LogP contribution < -0.4 is 10.2 Å². The molecule has 0 fully saturated rings. The Morgan fingerprint density at radius 2 is 1.66 bits per heavy atom. The number of phenols is 1. The fourth-order valence-corrected chi connectivity index (χ4v) is 2.92. The van der Waals surface area contributed by atoms with Crippen LogP contribution in [0.5, 0.6) is 11.5 Å². The van der Waals surface area contributed by atoms with Crippen LogP contribution in [0.4, 0.5) is 5.69 Å². The van der Waals surface area contributed by atoms with Gasteiger partial charge in [-0.25, -0.2) is 4.99 Å². The topological polar surface area (TPSA) is 74.2 Å². The number of anilines is 1. The standard InChI is InChI=1S/C23H19N3O3/c1-29-20-13-9-18(10-14-20)25-26-22(17-5-3-2-4-6-17)24-21(23(26)28)15-16-7-11-19(27)12-8-16/h2-15,25,27H,1H3/b21-15-. The van der Waals surface area contributed by atoms with Crippen molar-refractivity contribution in [3.8, 4) is 11.5 Å². The molecule has 0 radical (unpaired) electrons. The lowest BCUT2D eigenvalue weighted by Gasteiger charge is -2.20. The van der Waals surface area contributed by atoms with E-state index in [1.165, 1.54) is 5.01 Å². The van der Waals surface area contributed by atoms with E-state index < -0.39 is 0 Å². The molecule has 3 aromatic carbocycles. The normalized spacial score (nSPS) is 14.8. The lowest BCUT2D eigenvalue weighted by molar-refractivity contribution is -0.121. The highest BCUT2D eigenvalue weighted by Gasteiger charge is 2.31. The Morgan fingerprint density at radius 1 is 0.966 bits per heavy atom. The number of hydrogen-bond donors (Lipinski definition) is 2. The summed E-state index contributed by atoms with van der Waals surface area (Å²) in [6.07, 6.45) is 1.69. The number of nitrogens with zero attached hydrogens (tertiary/aromatic N) is 2. The Kier molecular flexibility index (Phi) is 4.99. The Bertz CT molecular complexity index is 1070. The average Bonchev–Trinajstić information content (AvgIpc) is 3.06. The summed E-state index contributed by atoms with van der Waals surface area (Å²) < 4.78 is 5.18. The number of amidine groups is 1. The molecule has 1 aliphatic rings. The number of ether oxygens (including phenoxy) is 1. The Balaban J connectivity index is 1.69. The minimum Gasteiger partial charge on any atom is -0.508 e. The summed E-state index contributed by atoms with van der Waals surface area (Å²) in [6.45, 7) is 0. The van der Waals surface area contributed by atoms with Crippen LogP contribution in [0.25, 0.3) is 6.08 Å². The molecular weight excluding hydrogens is 366 g/mol. The number of methoxy groups -OCH3 is 1. The maximum Gasteiger partial charge on any atom is 0.297 e. The summed E-state index contributed by atoms with van der Waals surface area (Å²) in [4.78, 5) is 17.7. The fourth-order valence-electron chi connectivity index (χ4n) is 2.92. The van der Waals surface area contributed by atoms with Gasteiger partial charge in [0.15, 0.2) is 5.84 Å². The molecule has 0 aromatic heterocycles. The van der Waals surface area contributed by atoms with Gasteiger partial charge in [0, 0.05) is 5.56 Å². The van der Waals surface area contributed by atoms with E-state index in [0.717, 1.165) is 22.6 Å². The van der Waals surface area contributed by atoms with Crippen LogP contribution in [-0.2, 0) is 4.79 Å². The number of amides is 1. The second-order valence-corrected chi connectivity index (χ2v) is 6.40. The van der Waals surface area contributed by atoms with Gasteiger partial charge in [0.05, 0.1) is 12.8 Å². The van der Waals surface area contributed by atoms with E-state index in [4.69, 9.17) is 4.74 Å². The van der Waals surface area contributed by atoms with Crippen molar-refractivity contribution in [1.29, 1.82) is 0 Å². The number of rotatable bonds is 5. The second-order valence-electron chi connectivity index (χ2n) is 6.40. The highest BCUT2D eigenvalue weighted by atomic mass is 16.5. The van der Waals surface area contributed by atoms with Gasteiger partial charge in [0.25, 0.3) is 5.91 Å². The maximum absolute atomic E-state index is 13.1. The van der Waals surface area contributed by atoms with Gasteiger partial charge in [-0.2, -0.15) is 5.01 Å². The van der Waals surface area contributed by atoms with Crippen LogP contribution in [0, 0.1) is 0 Å². The van der Waals surface area contributed by atoms with E-state index in [1.54, 1.807) is 37.5 Å². The zero-order valence-corrected chi connectivity index (χ0v) is 15.7.